The van der Waals surface area contributed by atoms with E-state index < -0.39 is 5.37 Å². The molecular formula is C11H14ClNO. The highest BCUT2D eigenvalue weighted by atomic mass is 35.5. The van der Waals surface area contributed by atoms with Gasteiger partial charge in [0.2, 0.25) is 0 Å². The van der Waals surface area contributed by atoms with Gasteiger partial charge in [-0.2, -0.15) is 0 Å². The van der Waals surface area contributed by atoms with E-state index in [-0.39, 0.29) is 0 Å². The van der Waals surface area contributed by atoms with Crippen LogP contribution in [0.25, 0.3) is 0 Å². The number of carbonyl (C=O) groups is 1. The summed E-state index contributed by atoms with van der Waals surface area (Å²) < 4.78 is 0. The highest BCUT2D eigenvalue weighted by molar-refractivity contribution is 6.65. The van der Waals surface area contributed by atoms with Gasteiger partial charge in [0.25, 0.3) is 0 Å². The van der Waals surface area contributed by atoms with E-state index in [1.807, 2.05) is 25.1 Å². The zero-order valence-corrected chi connectivity index (χ0v) is 9.35. The third-order valence-electron chi connectivity index (χ3n) is 2.15. The summed E-state index contributed by atoms with van der Waals surface area (Å²) in [5, 5.41) is 2.11. The molecule has 0 spiro atoms. The van der Waals surface area contributed by atoms with E-state index >= 15 is 0 Å². The lowest BCUT2D eigenvalue weighted by Crippen LogP contribution is -2.06. The number of nitrogens with one attached hydrogen (secondary N) is 1. The van der Waals surface area contributed by atoms with Gasteiger partial charge in [0.15, 0.2) is 0 Å². The number of aryl methyl sites for hydroxylation is 1. The Labute approximate surface area is 89.3 Å². The molecule has 0 unspecified atom stereocenters. The van der Waals surface area contributed by atoms with E-state index in [1.54, 1.807) is 0 Å². The summed E-state index contributed by atoms with van der Waals surface area (Å²) >= 11 is 5.31. The van der Waals surface area contributed by atoms with Crippen LogP contribution in [-0.4, -0.2) is 5.37 Å². The maximum atomic E-state index is 10.8. The molecule has 14 heavy (non-hydrogen) atoms. The van der Waals surface area contributed by atoms with Crippen molar-refractivity contribution < 1.29 is 4.79 Å². The van der Waals surface area contributed by atoms with Crippen LogP contribution < -0.4 is 5.32 Å². The molecule has 1 aromatic rings. The Kier molecular flexibility index (Phi) is 3.53. The van der Waals surface area contributed by atoms with E-state index in [0.29, 0.717) is 5.92 Å². The SMILES string of the molecule is Cc1cccc(C(C)C)c1NC(=O)Cl. The van der Waals surface area contributed by atoms with Crippen molar-refractivity contribution in [3.05, 3.63) is 29.3 Å². The van der Waals surface area contributed by atoms with E-state index in [2.05, 4.69) is 19.2 Å². The predicted molar refractivity (Wildman–Crippen MR) is 60.1 cm³/mol. The molecule has 0 aliphatic rings. The first-order valence-electron chi connectivity index (χ1n) is 4.58. The Morgan fingerprint density at radius 1 is 1.43 bits per heavy atom. The number of hydrogen-bond acceptors (Lipinski definition) is 1. The van der Waals surface area contributed by atoms with Gasteiger partial charge in [0.05, 0.1) is 0 Å². The molecule has 76 valence electrons. The molecule has 0 atom stereocenters. The van der Waals surface area contributed by atoms with Gasteiger partial charge in [0, 0.05) is 5.69 Å². The molecule has 0 saturated heterocycles. The molecule has 3 heteroatoms. The lowest BCUT2D eigenvalue weighted by molar-refractivity contribution is 0.269. The summed E-state index contributed by atoms with van der Waals surface area (Å²) in [7, 11) is 0. The maximum Gasteiger partial charge on any atom is 0.318 e. The quantitative estimate of drug-likeness (QED) is 0.584. The molecule has 0 bridgehead atoms. The highest BCUT2D eigenvalue weighted by Gasteiger charge is 2.10. The van der Waals surface area contributed by atoms with Crippen LogP contribution in [0.15, 0.2) is 18.2 Å². The molecule has 1 N–H and O–H groups in total. The minimum absolute atomic E-state index is 0.369. The summed E-state index contributed by atoms with van der Waals surface area (Å²) in [5.41, 5.74) is 2.98. The number of halogens is 1. The third-order valence-corrected chi connectivity index (χ3v) is 2.24. The van der Waals surface area contributed by atoms with Crippen LogP contribution in [0.5, 0.6) is 0 Å². The Hall–Kier alpha value is -1.02. The van der Waals surface area contributed by atoms with E-state index in [1.165, 1.54) is 0 Å². The number of para-hydroxylation sites is 1. The van der Waals surface area contributed by atoms with Gasteiger partial charge in [-0.25, -0.2) is 0 Å². The van der Waals surface area contributed by atoms with Gasteiger partial charge < -0.3 is 5.32 Å². The summed E-state index contributed by atoms with van der Waals surface area (Å²) in [4.78, 5) is 10.8. The summed E-state index contributed by atoms with van der Waals surface area (Å²) in [6.45, 7) is 6.12. The first-order chi connectivity index (χ1) is 6.52. The molecule has 0 heterocycles. The van der Waals surface area contributed by atoms with Crippen LogP contribution in [0.4, 0.5) is 10.5 Å². The predicted octanol–water partition coefficient (Wildman–Crippen LogP) is 3.89. The Bertz CT molecular complexity index is 347. The fourth-order valence-electron chi connectivity index (χ4n) is 1.44. The molecule has 2 nitrogen and oxygen atoms in total. The minimum Gasteiger partial charge on any atom is -0.312 e. The van der Waals surface area contributed by atoms with Gasteiger partial charge >= 0.3 is 5.37 Å². The average Bonchev–Trinajstić information content (AvgIpc) is 2.07. The van der Waals surface area contributed by atoms with Crippen molar-refractivity contribution in [3.8, 4) is 0 Å². The number of carbonyl (C=O) groups excluding carboxylic acids is 1. The Balaban J connectivity index is 3.15. The molecule has 1 amide bonds. The van der Waals surface area contributed by atoms with Crippen LogP contribution in [0.1, 0.15) is 30.9 Å². The van der Waals surface area contributed by atoms with Gasteiger partial charge in [0.1, 0.15) is 0 Å². The smallest absolute Gasteiger partial charge is 0.312 e. The number of rotatable bonds is 2. The van der Waals surface area contributed by atoms with E-state index in [9.17, 15) is 4.79 Å². The van der Waals surface area contributed by atoms with Crippen molar-refractivity contribution in [1.82, 2.24) is 0 Å². The standard InChI is InChI=1S/C11H14ClNO/c1-7(2)9-6-4-5-8(3)10(9)13-11(12)14/h4-7H,1-3H3,(H,13,14). The zero-order chi connectivity index (χ0) is 10.7. The van der Waals surface area contributed by atoms with Crippen LogP contribution >= 0.6 is 11.6 Å². The van der Waals surface area contributed by atoms with E-state index in [0.717, 1.165) is 16.8 Å². The fraction of sp³-hybridized carbons (Fsp3) is 0.364. The summed E-state index contributed by atoms with van der Waals surface area (Å²) in [5.74, 6) is 0.369. The number of hydrogen-bond donors (Lipinski definition) is 1. The highest BCUT2D eigenvalue weighted by Crippen LogP contribution is 2.27. The number of amides is 1. The Morgan fingerprint density at radius 2 is 2.07 bits per heavy atom. The second-order valence-electron chi connectivity index (χ2n) is 3.59. The summed E-state index contributed by atoms with van der Waals surface area (Å²) in [6.07, 6.45) is 0. The van der Waals surface area contributed by atoms with Crippen LogP contribution in [0.3, 0.4) is 0 Å². The lowest BCUT2D eigenvalue weighted by Gasteiger charge is -2.14. The third kappa shape index (κ3) is 2.48. The molecule has 0 radical (unpaired) electrons. The largest absolute Gasteiger partial charge is 0.318 e. The van der Waals surface area contributed by atoms with E-state index in [4.69, 9.17) is 11.6 Å². The molecule has 1 rings (SSSR count). The molecular weight excluding hydrogens is 198 g/mol. The minimum atomic E-state index is -0.541. The average molecular weight is 212 g/mol. The van der Waals surface area contributed by atoms with Crippen molar-refractivity contribution in [2.24, 2.45) is 0 Å². The van der Waals surface area contributed by atoms with Crippen LogP contribution in [0.2, 0.25) is 0 Å². The van der Waals surface area contributed by atoms with Gasteiger partial charge in [-0.05, 0) is 35.6 Å². The second-order valence-corrected chi connectivity index (χ2v) is 3.94. The van der Waals surface area contributed by atoms with Gasteiger partial charge in [-0.15, -0.1) is 0 Å². The number of benzene rings is 1. The monoisotopic (exact) mass is 211 g/mol. The number of anilines is 1. The van der Waals surface area contributed by atoms with Crippen LogP contribution in [0, 0.1) is 6.92 Å². The van der Waals surface area contributed by atoms with Crippen molar-refractivity contribution in [2.75, 3.05) is 5.32 Å². The molecule has 1 aromatic carbocycles. The fourth-order valence-corrected chi connectivity index (χ4v) is 1.54. The van der Waals surface area contributed by atoms with Crippen molar-refractivity contribution >= 4 is 22.7 Å². The van der Waals surface area contributed by atoms with Gasteiger partial charge in [-0.1, -0.05) is 32.0 Å². The molecule has 0 aromatic heterocycles. The van der Waals surface area contributed by atoms with Gasteiger partial charge in [-0.3, -0.25) is 4.79 Å². The summed E-state index contributed by atoms with van der Waals surface area (Å²) in [6, 6.07) is 5.93. The first-order valence-corrected chi connectivity index (χ1v) is 4.96. The molecule has 0 aliphatic heterocycles. The Morgan fingerprint density at radius 3 is 2.57 bits per heavy atom. The molecule has 0 saturated carbocycles. The van der Waals surface area contributed by atoms with Crippen LogP contribution in [-0.2, 0) is 0 Å². The molecule has 0 fully saturated rings. The second kappa shape index (κ2) is 4.47. The first kappa shape index (κ1) is 11.1. The van der Waals surface area contributed by atoms with Crippen molar-refractivity contribution in [2.45, 2.75) is 26.7 Å². The van der Waals surface area contributed by atoms with Crippen molar-refractivity contribution in [1.29, 1.82) is 0 Å². The molecule has 0 aliphatic carbocycles. The zero-order valence-electron chi connectivity index (χ0n) is 8.60. The normalized spacial score (nSPS) is 10.4. The van der Waals surface area contributed by atoms with Crippen molar-refractivity contribution in [3.63, 3.8) is 0 Å². The topological polar surface area (TPSA) is 29.1 Å². The lowest BCUT2D eigenvalue weighted by atomic mass is 9.98. The maximum absolute atomic E-state index is 10.8.